The van der Waals surface area contributed by atoms with E-state index in [1.807, 2.05) is 0 Å². The Hall–Kier alpha value is -6.65. The summed E-state index contributed by atoms with van der Waals surface area (Å²) in [5.41, 5.74) is 6.35. The average Bonchev–Trinajstić information content (AvgIpc) is 3.51. The van der Waals surface area contributed by atoms with E-state index in [1.54, 1.807) is 0 Å². The van der Waals surface area contributed by atoms with Gasteiger partial charge in [-0.1, -0.05) is 141 Å². The molecule has 50 heavy (non-hydrogen) atoms. The quantitative estimate of drug-likeness (QED) is 0.192. The van der Waals surface area contributed by atoms with Crippen molar-refractivity contribution >= 4 is 54.1 Å². The molecule has 236 valence electrons. The largest absolute Gasteiger partial charge is 0.309 e. The molecule has 0 saturated carbocycles. The van der Waals surface area contributed by atoms with Crippen LogP contribution in [0.5, 0.6) is 0 Å². The van der Waals surface area contributed by atoms with Gasteiger partial charge in [0.15, 0.2) is 17.5 Å². The van der Waals surface area contributed by atoms with E-state index in [0.717, 1.165) is 43.9 Å². The van der Waals surface area contributed by atoms with Crippen molar-refractivity contribution in [2.24, 2.45) is 0 Å². The van der Waals surface area contributed by atoms with E-state index in [0.29, 0.717) is 17.5 Å². The third-order valence-corrected chi connectivity index (χ3v) is 9.61. The summed E-state index contributed by atoms with van der Waals surface area (Å²) in [4.78, 5) is 15.5. The Labute approximate surface area is 290 Å². The summed E-state index contributed by atoms with van der Waals surface area (Å²) in [5, 5.41) is 9.36. The molecule has 0 fully saturated rings. The zero-order chi connectivity index (χ0) is 32.3. The minimum absolute atomic E-state index is 0. The average molecular weight is 641 g/mol. The molecule has 8 aromatic carbocycles. The Morgan fingerprint density at radius 1 is 0.340 bits per heavy atom. The molecule has 0 radical (unpaired) electrons. The van der Waals surface area contributed by atoms with Crippen molar-refractivity contribution in [2.45, 2.75) is 7.43 Å². The molecule has 2 aromatic heterocycles. The number of hydrogen-bond donors (Lipinski definition) is 0. The molecular formula is C46H32N4. The van der Waals surface area contributed by atoms with Gasteiger partial charge in [-0.15, -0.1) is 0 Å². The van der Waals surface area contributed by atoms with Crippen molar-refractivity contribution in [1.29, 1.82) is 0 Å². The number of aromatic nitrogens is 4. The maximum atomic E-state index is 5.18. The highest BCUT2D eigenvalue weighted by atomic mass is 15.0. The number of para-hydroxylation sites is 2. The minimum atomic E-state index is 0. The first-order valence-electron chi connectivity index (χ1n) is 16.5. The molecule has 0 spiro atoms. The molecule has 0 unspecified atom stereocenters. The van der Waals surface area contributed by atoms with E-state index in [9.17, 15) is 0 Å². The maximum absolute atomic E-state index is 5.18. The Kier molecular flexibility index (Phi) is 6.96. The molecule has 0 aliphatic rings. The number of nitrogens with zero attached hydrogens (tertiary/aromatic N) is 4. The van der Waals surface area contributed by atoms with Crippen molar-refractivity contribution in [2.75, 3.05) is 0 Å². The van der Waals surface area contributed by atoms with Gasteiger partial charge in [-0.05, 0) is 63.3 Å². The first-order chi connectivity index (χ1) is 24.3. The summed E-state index contributed by atoms with van der Waals surface area (Å²) in [6.07, 6.45) is 0. The highest BCUT2D eigenvalue weighted by molar-refractivity contribution is 6.11. The molecule has 0 N–H and O–H groups in total. The van der Waals surface area contributed by atoms with Crippen LogP contribution in [0, 0.1) is 0 Å². The fraction of sp³-hybridized carbons (Fsp3) is 0.0217. The van der Waals surface area contributed by atoms with Gasteiger partial charge in [-0.3, -0.25) is 0 Å². The van der Waals surface area contributed by atoms with Crippen molar-refractivity contribution < 1.29 is 0 Å². The highest BCUT2D eigenvalue weighted by Crippen LogP contribution is 2.38. The fourth-order valence-corrected chi connectivity index (χ4v) is 7.27. The van der Waals surface area contributed by atoms with Crippen LogP contribution >= 0.6 is 0 Å². The molecule has 10 rings (SSSR count). The predicted octanol–water partition coefficient (Wildman–Crippen LogP) is 12.1. The first kappa shape index (κ1) is 29.5. The number of fused-ring (bicyclic) bond motifs is 6. The second kappa shape index (κ2) is 11.8. The Morgan fingerprint density at radius 3 is 1.34 bits per heavy atom. The Morgan fingerprint density at radius 2 is 0.780 bits per heavy atom. The molecular weight excluding hydrogens is 609 g/mol. The molecule has 4 heteroatoms. The van der Waals surface area contributed by atoms with E-state index < -0.39 is 0 Å². The summed E-state index contributed by atoms with van der Waals surface area (Å²) in [7, 11) is 0. The van der Waals surface area contributed by atoms with E-state index in [2.05, 4.69) is 174 Å². The fourth-order valence-electron chi connectivity index (χ4n) is 7.27. The van der Waals surface area contributed by atoms with Crippen LogP contribution in [0.15, 0.2) is 170 Å². The second-order valence-electron chi connectivity index (χ2n) is 12.5. The molecule has 0 atom stereocenters. The van der Waals surface area contributed by atoms with Gasteiger partial charge in [-0.2, -0.15) is 0 Å². The van der Waals surface area contributed by atoms with E-state index in [4.69, 9.17) is 15.0 Å². The van der Waals surface area contributed by atoms with Gasteiger partial charge < -0.3 is 4.57 Å². The van der Waals surface area contributed by atoms with Gasteiger partial charge in [-0.25, -0.2) is 15.0 Å². The van der Waals surface area contributed by atoms with Gasteiger partial charge in [0.1, 0.15) is 0 Å². The van der Waals surface area contributed by atoms with Crippen LogP contribution in [0.3, 0.4) is 0 Å². The smallest absolute Gasteiger partial charge is 0.164 e. The molecule has 10 aromatic rings. The van der Waals surface area contributed by atoms with Crippen LogP contribution < -0.4 is 0 Å². The predicted molar refractivity (Wildman–Crippen MR) is 210 cm³/mol. The molecule has 4 nitrogen and oxygen atoms in total. The van der Waals surface area contributed by atoms with E-state index in [1.165, 1.54) is 32.6 Å². The molecule has 0 bridgehead atoms. The van der Waals surface area contributed by atoms with Crippen molar-refractivity contribution in [1.82, 2.24) is 19.5 Å². The summed E-state index contributed by atoms with van der Waals surface area (Å²) in [6, 6.07) is 59.8. The number of hydrogen-bond acceptors (Lipinski definition) is 3. The maximum Gasteiger partial charge on any atom is 0.164 e. The van der Waals surface area contributed by atoms with Crippen LogP contribution in [0.2, 0.25) is 0 Å². The zero-order valence-electron chi connectivity index (χ0n) is 26.5. The Balaban J connectivity index is 0.00000336. The zero-order valence-corrected chi connectivity index (χ0v) is 26.5. The van der Waals surface area contributed by atoms with Crippen LogP contribution in [0.1, 0.15) is 7.43 Å². The van der Waals surface area contributed by atoms with Crippen LogP contribution in [-0.4, -0.2) is 19.5 Å². The topological polar surface area (TPSA) is 43.6 Å². The number of rotatable bonds is 4. The second-order valence-corrected chi connectivity index (χ2v) is 12.5. The summed E-state index contributed by atoms with van der Waals surface area (Å²) in [6.45, 7) is 0. The summed E-state index contributed by atoms with van der Waals surface area (Å²) in [5.74, 6) is 1.94. The lowest BCUT2D eigenvalue weighted by molar-refractivity contribution is 1.08. The Bertz CT molecular complexity index is 2750. The third kappa shape index (κ3) is 4.73. The van der Waals surface area contributed by atoms with Gasteiger partial charge in [0.05, 0.1) is 16.7 Å². The molecule has 0 amide bonds. The lowest BCUT2D eigenvalue weighted by Crippen LogP contribution is -2.02. The molecule has 2 heterocycles. The molecule has 0 aliphatic heterocycles. The molecule has 0 saturated heterocycles. The van der Waals surface area contributed by atoms with E-state index >= 15 is 0 Å². The highest BCUT2D eigenvalue weighted by Gasteiger charge is 2.18. The summed E-state index contributed by atoms with van der Waals surface area (Å²) >= 11 is 0. The SMILES string of the molecule is C.c1ccc2cc(-c3nc(-c4ccc5ccccc5c4)nc(-c4ccc(-n5c6ccccc6c6ccccc65)c5ccccc45)n3)ccc2c1. The normalized spacial score (nSPS) is 11.4. The van der Waals surface area contributed by atoms with Gasteiger partial charge >= 0.3 is 0 Å². The molecule has 0 aliphatic carbocycles. The minimum Gasteiger partial charge on any atom is -0.309 e. The van der Waals surface area contributed by atoms with Crippen LogP contribution in [0.25, 0.3) is 94.0 Å². The van der Waals surface area contributed by atoms with Gasteiger partial charge in [0.25, 0.3) is 0 Å². The van der Waals surface area contributed by atoms with Crippen LogP contribution in [0.4, 0.5) is 0 Å². The van der Waals surface area contributed by atoms with Gasteiger partial charge in [0, 0.05) is 32.8 Å². The van der Waals surface area contributed by atoms with Crippen molar-refractivity contribution in [3.05, 3.63) is 170 Å². The van der Waals surface area contributed by atoms with Crippen LogP contribution in [-0.2, 0) is 0 Å². The lowest BCUT2D eigenvalue weighted by Gasteiger charge is -2.15. The van der Waals surface area contributed by atoms with E-state index in [-0.39, 0.29) is 7.43 Å². The lowest BCUT2D eigenvalue weighted by atomic mass is 10.0. The standard InChI is InChI=1S/C45H28N4.CH4/c1-3-13-31-27-33(23-21-29(31)11-1)43-46-44(34-24-22-30-12-2-4-14-32(30)28-34)48-45(47-43)39-25-26-42(36-16-6-5-15-35(36)39)49-40-19-9-7-17-37(40)38-18-8-10-20-41(38)49;/h1-28H;1H4. The van der Waals surface area contributed by atoms with Crippen molar-refractivity contribution in [3.8, 4) is 39.9 Å². The van der Waals surface area contributed by atoms with Gasteiger partial charge in [0.2, 0.25) is 0 Å². The third-order valence-electron chi connectivity index (χ3n) is 9.61. The monoisotopic (exact) mass is 640 g/mol. The summed E-state index contributed by atoms with van der Waals surface area (Å²) < 4.78 is 2.38. The number of benzene rings is 8. The van der Waals surface area contributed by atoms with Crippen molar-refractivity contribution in [3.63, 3.8) is 0 Å². The first-order valence-corrected chi connectivity index (χ1v) is 16.5.